The van der Waals surface area contributed by atoms with Crippen molar-refractivity contribution >= 4 is 29.0 Å². The minimum Gasteiger partial charge on any atom is -0.450 e. The van der Waals surface area contributed by atoms with Gasteiger partial charge < -0.3 is 19.7 Å². The number of amides is 1. The highest BCUT2D eigenvalue weighted by Gasteiger charge is 2.17. The van der Waals surface area contributed by atoms with Gasteiger partial charge >= 0.3 is 5.97 Å². The third-order valence-electron chi connectivity index (χ3n) is 4.47. The Hall–Kier alpha value is -3.53. The molecule has 0 spiro atoms. The van der Waals surface area contributed by atoms with Crippen LogP contribution in [0.5, 0.6) is 0 Å². The van der Waals surface area contributed by atoms with Crippen LogP contribution >= 0.6 is 0 Å². The number of carbonyl (C=O) groups is 2. The van der Waals surface area contributed by atoms with Crippen molar-refractivity contribution in [2.45, 2.75) is 6.92 Å². The van der Waals surface area contributed by atoms with Gasteiger partial charge in [0.05, 0.1) is 13.2 Å². The van der Waals surface area contributed by atoms with Crippen molar-refractivity contribution in [1.29, 1.82) is 0 Å². The summed E-state index contributed by atoms with van der Waals surface area (Å²) in [5, 5.41) is 6.75. The second kappa shape index (κ2) is 8.23. The maximum atomic E-state index is 12.1. The van der Waals surface area contributed by atoms with E-state index in [0.29, 0.717) is 24.7 Å². The summed E-state index contributed by atoms with van der Waals surface area (Å²) in [5.41, 5.74) is 2.47. The number of hydrogen-bond donors (Lipinski definition) is 1. The maximum absolute atomic E-state index is 12.1. The van der Waals surface area contributed by atoms with Gasteiger partial charge in [-0.3, -0.25) is 4.79 Å². The Balaban J connectivity index is 1.31. The second-order valence-electron chi connectivity index (χ2n) is 6.50. The number of carbonyl (C=O) groups excluding carboxylic acids is 2. The van der Waals surface area contributed by atoms with E-state index in [1.165, 1.54) is 4.52 Å². The SMILES string of the molecule is Cc1ccnc2nc(C(=O)OCC(=O)Nc3ccc(N4CCOCC4)cc3)nn12. The number of hydrogen-bond acceptors (Lipinski definition) is 8. The predicted octanol–water partition coefficient (Wildman–Crippen LogP) is 1.06. The lowest BCUT2D eigenvalue weighted by Crippen LogP contribution is -2.36. The van der Waals surface area contributed by atoms with E-state index < -0.39 is 18.5 Å². The molecule has 3 aromatic rings. The van der Waals surface area contributed by atoms with Crippen LogP contribution in [-0.4, -0.2) is 64.4 Å². The van der Waals surface area contributed by atoms with Crippen LogP contribution in [0.4, 0.5) is 11.4 Å². The van der Waals surface area contributed by atoms with Gasteiger partial charge in [-0.25, -0.2) is 14.3 Å². The van der Waals surface area contributed by atoms with Gasteiger partial charge in [0.15, 0.2) is 6.61 Å². The zero-order chi connectivity index (χ0) is 20.2. The number of anilines is 2. The predicted molar refractivity (Wildman–Crippen MR) is 104 cm³/mol. The van der Waals surface area contributed by atoms with E-state index in [9.17, 15) is 9.59 Å². The summed E-state index contributed by atoms with van der Waals surface area (Å²) >= 11 is 0. The molecule has 1 aromatic carbocycles. The summed E-state index contributed by atoms with van der Waals surface area (Å²) in [7, 11) is 0. The van der Waals surface area contributed by atoms with Crippen LogP contribution in [0.1, 0.15) is 16.3 Å². The lowest BCUT2D eigenvalue weighted by Gasteiger charge is -2.28. The summed E-state index contributed by atoms with van der Waals surface area (Å²) in [6.45, 7) is 4.48. The lowest BCUT2D eigenvalue weighted by atomic mass is 10.2. The van der Waals surface area contributed by atoms with Crippen molar-refractivity contribution in [3.8, 4) is 0 Å². The number of morpholine rings is 1. The molecule has 1 fully saturated rings. The van der Waals surface area contributed by atoms with E-state index in [0.717, 1.165) is 24.5 Å². The van der Waals surface area contributed by atoms with E-state index in [4.69, 9.17) is 9.47 Å². The fourth-order valence-corrected chi connectivity index (χ4v) is 2.96. The molecule has 1 amide bonds. The van der Waals surface area contributed by atoms with E-state index in [1.54, 1.807) is 12.3 Å². The molecular formula is C19H20N6O4. The smallest absolute Gasteiger partial charge is 0.378 e. The fourth-order valence-electron chi connectivity index (χ4n) is 2.96. The molecule has 1 saturated heterocycles. The van der Waals surface area contributed by atoms with Crippen LogP contribution in [0.25, 0.3) is 5.78 Å². The van der Waals surface area contributed by atoms with Gasteiger partial charge in [0.2, 0.25) is 0 Å². The van der Waals surface area contributed by atoms with E-state index in [-0.39, 0.29) is 5.82 Å². The Morgan fingerprint density at radius 2 is 1.93 bits per heavy atom. The number of aryl methyl sites for hydroxylation is 1. The number of benzene rings is 1. The van der Waals surface area contributed by atoms with E-state index in [2.05, 4.69) is 25.3 Å². The number of fused-ring (bicyclic) bond motifs is 1. The quantitative estimate of drug-likeness (QED) is 0.638. The Bertz CT molecular complexity index is 1030. The first-order valence-electron chi connectivity index (χ1n) is 9.18. The fraction of sp³-hybridized carbons (Fsp3) is 0.316. The highest BCUT2D eigenvalue weighted by Crippen LogP contribution is 2.19. The molecule has 0 aliphatic carbocycles. The molecule has 0 bridgehead atoms. The van der Waals surface area contributed by atoms with Crippen LogP contribution < -0.4 is 10.2 Å². The third-order valence-corrected chi connectivity index (χ3v) is 4.47. The first-order chi connectivity index (χ1) is 14.1. The van der Waals surface area contributed by atoms with Crippen molar-refractivity contribution < 1.29 is 19.1 Å². The molecule has 29 heavy (non-hydrogen) atoms. The van der Waals surface area contributed by atoms with Gasteiger partial charge in [-0.05, 0) is 37.3 Å². The van der Waals surface area contributed by atoms with Crippen molar-refractivity contribution in [3.63, 3.8) is 0 Å². The standard InChI is InChI=1S/C19H20N6O4/c1-13-6-7-20-19-22-17(23-25(13)19)18(27)29-12-16(26)21-14-2-4-15(5-3-14)24-8-10-28-11-9-24/h2-7H,8-12H2,1H3,(H,21,26). The maximum Gasteiger partial charge on any atom is 0.378 e. The van der Waals surface area contributed by atoms with Crippen molar-refractivity contribution in [2.75, 3.05) is 43.1 Å². The molecular weight excluding hydrogens is 376 g/mol. The Kier molecular flexibility index (Phi) is 5.34. The lowest BCUT2D eigenvalue weighted by molar-refractivity contribution is -0.119. The molecule has 3 heterocycles. The Morgan fingerprint density at radius 1 is 1.17 bits per heavy atom. The number of esters is 1. The summed E-state index contributed by atoms with van der Waals surface area (Å²) in [4.78, 5) is 34.5. The summed E-state index contributed by atoms with van der Waals surface area (Å²) in [5.74, 6) is -1.08. The molecule has 0 unspecified atom stereocenters. The molecule has 1 aliphatic rings. The summed E-state index contributed by atoms with van der Waals surface area (Å²) < 4.78 is 11.8. The van der Waals surface area contributed by atoms with Crippen molar-refractivity contribution in [1.82, 2.24) is 19.6 Å². The van der Waals surface area contributed by atoms with Crippen LogP contribution in [0.2, 0.25) is 0 Å². The summed E-state index contributed by atoms with van der Waals surface area (Å²) in [6.07, 6.45) is 1.58. The Labute approximate surface area is 166 Å². The molecule has 0 radical (unpaired) electrons. The Morgan fingerprint density at radius 3 is 2.66 bits per heavy atom. The van der Waals surface area contributed by atoms with Gasteiger partial charge in [0, 0.05) is 36.4 Å². The molecule has 2 aromatic heterocycles. The molecule has 10 heteroatoms. The van der Waals surface area contributed by atoms with Crippen molar-refractivity contribution in [3.05, 3.63) is 48.0 Å². The molecule has 4 rings (SSSR count). The first-order valence-corrected chi connectivity index (χ1v) is 9.18. The van der Waals surface area contributed by atoms with Crippen LogP contribution in [0, 0.1) is 6.92 Å². The van der Waals surface area contributed by atoms with Gasteiger partial charge in [0.25, 0.3) is 17.5 Å². The van der Waals surface area contributed by atoms with Crippen LogP contribution in [-0.2, 0) is 14.3 Å². The molecule has 10 nitrogen and oxygen atoms in total. The second-order valence-corrected chi connectivity index (χ2v) is 6.50. The van der Waals surface area contributed by atoms with Gasteiger partial charge in [-0.1, -0.05) is 0 Å². The number of nitrogens with one attached hydrogen (secondary N) is 1. The van der Waals surface area contributed by atoms with Crippen LogP contribution in [0.15, 0.2) is 36.5 Å². The third kappa shape index (κ3) is 4.32. The number of rotatable bonds is 5. The minimum atomic E-state index is -0.785. The highest BCUT2D eigenvalue weighted by atomic mass is 16.5. The van der Waals surface area contributed by atoms with Crippen LogP contribution in [0.3, 0.4) is 0 Å². The first kappa shape index (κ1) is 18.8. The van der Waals surface area contributed by atoms with Crippen molar-refractivity contribution in [2.24, 2.45) is 0 Å². The molecule has 1 N–H and O–H groups in total. The largest absolute Gasteiger partial charge is 0.450 e. The van der Waals surface area contributed by atoms with E-state index >= 15 is 0 Å². The zero-order valence-corrected chi connectivity index (χ0v) is 15.9. The number of nitrogens with zero attached hydrogens (tertiary/aromatic N) is 5. The number of aromatic nitrogens is 4. The van der Waals surface area contributed by atoms with E-state index in [1.807, 2.05) is 31.2 Å². The number of ether oxygens (including phenoxy) is 2. The molecule has 1 aliphatic heterocycles. The van der Waals surface area contributed by atoms with Gasteiger partial charge in [-0.15, -0.1) is 5.10 Å². The molecule has 150 valence electrons. The minimum absolute atomic E-state index is 0.144. The molecule has 0 saturated carbocycles. The average Bonchev–Trinajstić information content (AvgIpc) is 3.19. The van der Waals surface area contributed by atoms with Gasteiger partial charge in [0.1, 0.15) is 0 Å². The average molecular weight is 396 g/mol. The topological polar surface area (TPSA) is 111 Å². The highest BCUT2D eigenvalue weighted by molar-refractivity contribution is 5.94. The van der Waals surface area contributed by atoms with Gasteiger partial charge in [-0.2, -0.15) is 4.98 Å². The monoisotopic (exact) mass is 396 g/mol. The normalized spacial score (nSPS) is 14.0. The molecule has 0 atom stereocenters. The summed E-state index contributed by atoms with van der Waals surface area (Å²) in [6, 6.07) is 9.23. The zero-order valence-electron chi connectivity index (χ0n) is 15.9.